The molecule has 0 radical (unpaired) electrons. The van der Waals surface area contributed by atoms with Gasteiger partial charge in [-0.1, -0.05) is 17.3 Å². The van der Waals surface area contributed by atoms with E-state index < -0.39 is 0 Å². The molecule has 1 aromatic carbocycles. The number of nitrogens with zero attached hydrogens (tertiary/aromatic N) is 1. The second kappa shape index (κ2) is 5.48. The van der Waals surface area contributed by atoms with E-state index in [2.05, 4.69) is 5.16 Å². The molecule has 4 heteroatoms. The zero-order chi connectivity index (χ0) is 10.3. The van der Waals surface area contributed by atoms with Gasteiger partial charge in [-0.05, 0) is 12.1 Å². The Labute approximate surface area is 87.8 Å². The zero-order valence-corrected chi connectivity index (χ0v) is 8.39. The molecule has 0 atom stereocenters. The van der Waals surface area contributed by atoms with Crippen LogP contribution >= 0.6 is 0 Å². The molecule has 2 heterocycles. The molecule has 1 aliphatic rings. The summed E-state index contributed by atoms with van der Waals surface area (Å²) in [4.78, 5) is 0. The van der Waals surface area contributed by atoms with E-state index in [9.17, 15) is 0 Å². The van der Waals surface area contributed by atoms with E-state index in [-0.39, 0.29) is 0 Å². The highest BCUT2D eigenvalue weighted by Crippen LogP contribution is 2.10. The number of fused-ring (bicyclic) bond motifs is 1. The summed E-state index contributed by atoms with van der Waals surface area (Å²) in [6.07, 6.45) is 1.70. The van der Waals surface area contributed by atoms with Gasteiger partial charge in [-0.2, -0.15) is 0 Å². The average Bonchev–Trinajstić information content (AvgIpc) is 2.80. The highest BCUT2D eigenvalue weighted by Gasteiger charge is 1.94. The lowest BCUT2D eigenvalue weighted by Gasteiger charge is -2.09. The Balaban J connectivity index is 0.000000124. The van der Waals surface area contributed by atoms with Gasteiger partial charge in [-0.25, -0.2) is 0 Å². The Bertz CT molecular complexity index is 354. The third kappa shape index (κ3) is 3.04. The van der Waals surface area contributed by atoms with Gasteiger partial charge in [0.15, 0.2) is 5.58 Å². The van der Waals surface area contributed by atoms with E-state index >= 15 is 0 Å². The molecule has 1 aliphatic heterocycles. The predicted octanol–water partition coefficient (Wildman–Crippen LogP) is 1.86. The minimum atomic E-state index is 0.778. The molecule has 1 saturated heterocycles. The van der Waals surface area contributed by atoms with Crippen molar-refractivity contribution in [1.82, 2.24) is 5.16 Å². The molecule has 0 unspecified atom stereocenters. The van der Waals surface area contributed by atoms with E-state index in [1.807, 2.05) is 24.3 Å². The first kappa shape index (κ1) is 10.1. The Morgan fingerprint density at radius 1 is 0.933 bits per heavy atom. The summed E-state index contributed by atoms with van der Waals surface area (Å²) in [5.41, 5.74) is 0.845. The average molecular weight is 207 g/mol. The number of hydrogen-bond donors (Lipinski definition) is 0. The number of aromatic nitrogens is 1. The first-order chi connectivity index (χ1) is 7.47. The second-order valence-corrected chi connectivity index (χ2v) is 3.09. The van der Waals surface area contributed by atoms with Crippen LogP contribution in [-0.2, 0) is 9.47 Å². The first-order valence-corrected chi connectivity index (χ1v) is 4.92. The molecule has 0 aliphatic carbocycles. The summed E-state index contributed by atoms with van der Waals surface area (Å²) in [6.45, 7) is 3.11. The quantitative estimate of drug-likeness (QED) is 0.661. The van der Waals surface area contributed by atoms with Crippen molar-refractivity contribution in [3.05, 3.63) is 30.5 Å². The molecule has 0 bridgehead atoms. The maximum absolute atomic E-state index is 4.94. The minimum Gasteiger partial charge on any atom is -0.377 e. The Kier molecular flexibility index (Phi) is 3.70. The number of para-hydroxylation sites is 1. The van der Waals surface area contributed by atoms with Crippen molar-refractivity contribution in [3.63, 3.8) is 0 Å². The lowest BCUT2D eigenvalue weighted by atomic mass is 10.3. The second-order valence-electron chi connectivity index (χ2n) is 3.09. The monoisotopic (exact) mass is 207 g/mol. The van der Waals surface area contributed by atoms with Crippen LogP contribution in [0.25, 0.3) is 11.0 Å². The molecule has 0 spiro atoms. The summed E-state index contributed by atoms with van der Waals surface area (Å²) in [5.74, 6) is 0. The van der Waals surface area contributed by atoms with Gasteiger partial charge in [0.25, 0.3) is 0 Å². The number of hydrogen-bond acceptors (Lipinski definition) is 4. The summed E-state index contributed by atoms with van der Waals surface area (Å²) in [6, 6.07) is 7.74. The maximum atomic E-state index is 4.94. The van der Waals surface area contributed by atoms with E-state index in [0.29, 0.717) is 0 Å². The molecule has 1 aromatic heterocycles. The van der Waals surface area contributed by atoms with Gasteiger partial charge < -0.3 is 14.0 Å². The van der Waals surface area contributed by atoms with Crippen molar-refractivity contribution in [1.29, 1.82) is 0 Å². The van der Waals surface area contributed by atoms with Crippen LogP contribution in [0.4, 0.5) is 0 Å². The third-order valence-corrected chi connectivity index (χ3v) is 2.01. The third-order valence-electron chi connectivity index (χ3n) is 2.01. The molecule has 3 rings (SSSR count). The van der Waals surface area contributed by atoms with Gasteiger partial charge in [-0.15, -0.1) is 0 Å². The number of ether oxygens (including phenoxy) is 2. The lowest BCUT2D eigenvalue weighted by Crippen LogP contribution is -2.16. The van der Waals surface area contributed by atoms with Crippen molar-refractivity contribution in [2.24, 2.45) is 0 Å². The van der Waals surface area contributed by atoms with E-state index in [1.54, 1.807) is 6.20 Å². The van der Waals surface area contributed by atoms with E-state index in [1.165, 1.54) is 0 Å². The molecule has 15 heavy (non-hydrogen) atoms. The van der Waals surface area contributed by atoms with Crippen LogP contribution in [0.3, 0.4) is 0 Å². The Hall–Kier alpha value is -1.39. The smallest absolute Gasteiger partial charge is 0.166 e. The molecule has 0 saturated carbocycles. The molecular weight excluding hydrogens is 194 g/mol. The van der Waals surface area contributed by atoms with Crippen molar-refractivity contribution in [2.75, 3.05) is 26.4 Å². The largest absolute Gasteiger partial charge is 0.377 e. The Morgan fingerprint density at radius 3 is 2.20 bits per heavy atom. The highest BCUT2D eigenvalue weighted by molar-refractivity contribution is 5.75. The zero-order valence-electron chi connectivity index (χ0n) is 8.39. The van der Waals surface area contributed by atoms with Crippen LogP contribution in [0, 0.1) is 0 Å². The normalized spacial score (nSPS) is 15.7. The summed E-state index contributed by atoms with van der Waals surface area (Å²) < 4.78 is 14.8. The van der Waals surface area contributed by atoms with Gasteiger partial charge in [0.1, 0.15) is 0 Å². The molecule has 4 nitrogen and oxygen atoms in total. The summed E-state index contributed by atoms with van der Waals surface area (Å²) >= 11 is 0. The summed E-state index contributed by atoms with van der Waals surface area (Å²) in [7, 11) is 0. The highest BCUT2D eigenvalue weighted by atomic mass is 16.6. The van der Waals surface area contributed by atoms with Gasteiger partial charge in [0.2, 0.25) is 0 Å². The molecule has 80 valence electrons. The van der Waals surface area contributed by atoms with Gasteiger partial charge >= 0.3 is 0 Å². The number of benzene rings is 1. The molecule has 0 amide bonds. The molecule has 1 fully saturated rings. The van der Waals surface area contributed by atoms with Crippen molar-refractivity contribution >= 4 is 11.0 Å². The first-order valence-electron chi connectivity index (χ1n) is 4.92. The predicted molar refractivity (Wildman–Crippen MR) is 55.6 cm³/mol. The topological polar surface area (TPSA) is 44.5 Å². The van der Waals surface area contributed by atoms with Gasteiger partial charge in [0, 0.05) is 5.39 Å². The van der Waals surface area contributed by atoms with Crippen LogP contribution in [-0.4, -0.2) is 31.6 Å². The van der Waals surface area contributed by atoms with Crippen LogP contribution in [0.5, 0.6) is 0 Å². The lowest BCUT2D eigenvalue weighted by molar-refractivity contribution is -0.0334. The minimum absolute atomic E-state index is 0.778. The fourth-order valence-electron chi connectivity index (χ4n) is 1.25. The van der Waals surface area contributed by atoms with Gasteiger partial charge in [0.05, 0.1) is 32.6 Å². The van der Waals surface area contributed by atoms with Crippen molar-refractivity contribution in [3.8, 4) is 0 Å². The van der Waals surface area contributed by atoms with Crippen molar-refractivity contribution < 1.29 is 14.0 Å². The van der Waals surface area contributed by atoms with E-state index in [4.69, 9.17) is 14.0 Å². The number of rotatable bonds is 0. The van der Waals surface area contributed by atoms with Crippen LogP contribution in [0.1, 0.15) is 0 Å². The fourth-order valence-corrected chi connectivity index (χ4v) is 1.25. The van der Waals surface area contributed by atoms with Crippen molar-refractivity contribution in [2.45, 2.75) is 0 Å². The fraction of sp³-hybridized carbons (Fsp3) is 0.364. The Morgan fingerprint density at radius 2 is 1.60 bits per heavy atom. The van der Waals surface area contributed by atoms with Crippen LogP contribution < -0.4 is 0 Å². The molecule has 0 N–H and O–H groups in total. The summed E-state index contributed by atoms with van der Waals surface area (Å²) in [5, 5.41) is 4.68. The maximum Gasteiger partial charge on any atom is 0.166 e. The van der Waals surface area contributed by atoms with Gasteiger partial charge in [-0.3, -0.25) is 0 Å². The standard InChI is InChI=1S/C7H5NO.C4H8O2/c1-2-4-7-6(3-1)5-8-9-7;1-2-6-4-3-5-1/h1-5H;1-4H2. The SMILES string of the molecule is C1COCCO1.c1ccc2oncc2c1. The van der Waals surface area contributed by atoms with E-state index in [0.717, 1.165) is 37.4 Å². The molecule has 2 aromatic rings. The molecular formula is C11H13NO3. The van der Waals surface area contributed by atoms with Crippen LogP contribution in [0.2, 0.25) is 0 Å². The van der Waals surface area contributed by atoms with Crippen LogP contribution in [0.15, 0.2) is 35.0 Å².